The van der Waals surface area contributed by atoms with Gasteiger partial charge in [0.05, 0.1) is 12.2 Å². The minimum Gasteiger partial charge on any atom is -0.379 e. The molecule has 23 heavy (non-hydrogen) atoms. The number of hydrogen-bond donors (Lipinski definition) is 1. The quantitative estimate of drug-likeness (QED) is 0.511. The highest BCUT2D eigenvalue weighted by Crippen LogP contribution is 2.23. The van der Waals surface area contributed by atoms with Crippen molar-refractivity contribution in [1.29, 1.82) is 0 Å². The van der Waals surface area contributed by atoms with Crippen LogP contribution in [0.1, 0.15) is 18.5 Å². The van der Waals surface area contributed by atoms with Crippen LogP contribution in [0, 0.1) is 0 Å². The summed E-state index contributed by atoms with van der Waals surface area (Å²) in [4.78, 5) is 0. The lowest BCUT2D eigenvalue weighted by Crippen LogP contribution is -2.23. The van der Waals surface area contributed by atoms with Crippen LogP contribution in [0.25, 0.3) is 0 Å². The van der Waals surface area contributed by atoms with E-state index in [1.54, 1.807) is 11.3 Å². The smallest absolute Gasteiger partial charge is 0.379 e. The Balaban J connectivity index is 1.65. The Hall–Kier alpha value is -2.53. The van der Waals surface area contributed by atoms with Gasteiger partial charge in [0, 0.05) is 17.1 Å². The predicted molar refractivity (Wildman–Crippen MR) is 94.6 cm³/mol. The zero-order chi connectivity index (χ0) is 16.1. The number of thiazole rings is 1. The minimum atomic E-state index is 0.258. The maximum atomic E-state index is 4.27. The number of benzene rings is 2. The van der Waals surface area contributed by atoms with Crippen LogP contribution in [0.3, 0.4) is 0 Å². The Morgan fingerprint density at radius 1 is 1.00 bits per heavy atom. The number of anilines is 1. The molecule has 0 bridgehead atoms. The second kappa shape index (κ2) is 7.15. The summed E-state index contributed by atoms with van der Waals surface area (Å²) in [5.74, 6) is 0. The molecular weight excluding hydrogens is 304 g/mol. The standard InChI is InChI=1S/C18H18N4S/c1-14(15-6-4-3-5-7-15)19-16-8-10-17(11-9-16)20-21-18-22(2)12-13-23-18/h3-14H,1-2H3/p+1. The zero-order valence-corrected chi connectivity index (χ0v) is 14.0. The first-order chi connectivity index (χ1) is 11.2. The molecule has 0 aliphatic heterocycles. The van der Waals surface area contributed by atoms with Crippen molar-refractivity contribution in [2.75, 3.05) is 5.32 Å². The average Bonchev–Trinajstić information content (AvgIpc) is 3.00. The van der Waals surface area contributed by atoms with Crippen LogP contribution in [0.5, 0.6) is 0 Å². The number of azo groups is 1. The summed E-state index contributed by atoms with van der Waals surface area (Å²) < 4.78 is 1.95. The van der Waals surface area contributed by atoms with Crippen LogP contribution in [0.2, 0.25) is 0 Å². The fourth-order valence-electron chi connectivity index (χ4n) is 2.22. The summed E-state index contributed by atoms with van der Waals surface area (Å²) in [7, 11) is 1.96. The van der Waals surface area contributed by atoms with Gasteiger partial charge in [-0.1, -0.05) is 30.3 Å². The van der Waals surface area contributed by atoms with E-state index in [2.05, 4.69) is 46.7 Å². The van der Waals surface area contributed by atoms with Gasteiger partial charge in [0.2, 0.25) is 0 Å². The average molecular weight is 323 g/mol. The molecule has 0 radical (unpaired) electrons. The van der Waals surface area contributed by atoms with Crippen molar-refractivity contribution in [3.8, 4) is 0 Å². The number of aromatic nitrogens is 1. The summed E-state index contributed by atoms with van der Waals surface area (Å²) in [6, 6.07) is 18.7. The van der Waals surface area contributed by atoms with Gasteiger partial charge >= 0.3 is 5.13 Å². The molecule has 0 spiro atoms. The van der Waals surface area contributed by atoms with Gasteiger partial charge in [-0.25, -0.2) is 4.57 Å². The van der Waals surface area contributed by atoms with Crippen LogP contribution < -0.4 is 9.88 Å². The van der Waals surface area contributed by atoms with Gasteiger partial charge in [-0.2, -0.15) is 0 Å². The monoisotopic (exact) mass is 323 g/mol. The number of hydrogen-bond acceptors (Lipinski definition) is 4. The minimum absolute atomic E-state index is 0.258. The largest absolute Gasteiger partial charge is 0.408 e. The molecule has 0 saturated carbocycles. The first-order valence-electron chi connectivity index (χ1n) is 7.49. The molecule has 116 valence electrons. The molecule has 2 aromatic carbocycles. The third kappa shape index (κ3) is 4.02. The van der Waals surface area contributed by atoms with E-state index in [1.165, 1.54) is 5.56 Å². The van der Waals surface area contributed by atoms with Crippen molar-refractivity contribution in [3.63, 3.8) is 0 Å². The van der Waals surface area contributed by atoms with Crippen molar-refractivity contribution in [1.82, 2.24) is 0 Å². The van der Waals surface area contributed by atoms with Crippen molar-refractivity contribution in [3.05, 3.63) is 71.7 Å². The lowest BCUT2D eigenvalue weighted by atomic mass is 10.1. The molecule has 0 saturated heterocycles. The SMILES string of the molecule is CC(Nc1ccc(N=Nc2scc[n+]2C)cc1)c1ccccc1. The van der Waals surface area contributed by atoms with Crippen molar-refractivity contribution in [2.45, 2.75) is 13.0 Å². The van der Waals surface area contributed by atoms with Gasteiger partial charge in [0.25, 0.3) is 0 Å². The Morgan fingerprint density at radius 2 is 1.74 bits per heavy atom. The molecule has 4 nitrogen and oxygen atoms in total. The molecule has 1 N–H and O–H groups in total. The van der Waals surface area contributed by atoms with E-state index >= 15 is 0 Å². The first kappa shape index (κ1) is 15.4. The zero-order valence-electron chi connectivity index (χ0n) is 13.2. The summed E-state index contributed by atoms with van der Waals surface area (Å²) in [6.07, 6.45) is 1.97. The van der Waals surface area contributed by atoms with Crippen molar-refractivity contribution >= 4 is 27.8 Å². The van der Waals surface area contributed by atoms with E-state index in [-0.39, 0.29) is 6.04 Å². The molecule has 3 aromatic rings. The van der Waals surface area contributed by atoms with Crippen LogP contribution in [-0.2, 0) is 7.05 Å². The molecule has 0 aliphatic rings. The van der Waals surface area contributed by atoms with Gasteiger partial charge in [0.1, 0.15) is 11.9 Å². The molecule has 0 amide bonds. The molecular formula is C18H19N4S+. The van der Waals surface area contributed by atoms with Crippen molar-refractivity contribution in [2.24, 2.45) is 17.3 Å². The molecule has 1 aromatic heterocycles. The molecule has 1 atom stereocenters. The third-order valence-electron chi connectivity index (χ3n) is 3.56. The summed E-state index contributed by atoms with van der Waals surface area (Å²) in [5, 5.41) is 14.9. The highest BCUT2D eigenvalue weighted by atomic mass is 32.1. The van der Waals surface area contributed by atoms with Crippen molar-refractivity contribution < 1.29 is 4.57 Å². The van der Waals surface area contributed by atoms with Gasteiger partial charge in [-0.3, -0.25) is 0 Å². The molecule has 5 heteroatoms. The van der Waals surface area contributed by atoms with E-state index in [0.29, 0.717) is 0 Å². The van der Waals surface area contributed by atoms with Gasteiger partial charge in [-0.15, -0.1) is 0 Å². The lowest BCUT2D eigenvalue weighted by Gasteiger charge is -2.15. The van der Waals surface area contributed by atoms with E-state index < -0.39 is 0 Å². The fourth-order valence-corrected chi connectivity index (χ4v) is 2.90. The van der Waals surface area contributed by atoms with Crippen LogP contribution in [0.4, 0.5) is 16.5 Å². The van der Waals surface area contributed by atoms with Crippen LogP contribution in [-0.4, -0.2) is 0 Å². The van der Waals surface area contributed by atoms with E-state index in [0.717, 1.165) is 16.5 Å². The van der Waals surface area contributed by atoms with E-state index in [9.17, 15) is 0 Å². The molecule has 1 unspecified atom stereocenters. The molecule has 3 rings (SSSR count). The lowest BCUT2D eigenvalue weighted by molar-refractivity contribution is -0.654. The number of nitrogens with zero attached hydrogens (tertiary/aromatic N) is 3. The van der Waals surface area contributed by atoms with E-state index in [4.69, 9.17) is 0 Å². The Morgan fingerprint density at radius 3 is 2.39 bits per heavy atom. The predicted octanol–water partition coefficient (Wildman–Crippen LogP) is 5.16. The van der Waals surface area contributed by atoms with Crippen LogP contribution in [0.15, 0.2) is 76.4 Å². The summed E-state index contributed by atoms with van der Waals surface area (Å²) in [5.41, 5.74) is 3.18. The number of nitrogens with one attached hydrogen (secondary N) is 1. The van der Waals surface area contributed by atoms with Crippen LogP contribution >= 0.6 is 11.3 Å². The molecule has 0 fully saturated rings. The third-order valence-corrected chi connectivity index (χ3v) is 4.40. The summed E-state index contributed by atoms with van der Waals surface area (Å²) in [6.45, 7) is 2.15. The number of rotatable bonds is 5. The Bertz CT molecular complexity index is 778. The summed E-state index contributed by atoms with van der Waals surface area (Å²) >= 11 is 1.57. The first-order valence-corrected chi connectivity index (χ1v) is 8.37. The highest BCUT2D eigenvalue weighted by Gasteiger charge is 2.07. The topological polar surface area (TPSA) is 40.6 Å². The van der Waals surface area contributed by atoms with Gasteiger partial charge in [0.15, 0.2) is 0 Å². The maximum Gasteiger partial charge on any atom is 0.408 e. The molecule has 0 aliphatic carbocycles. The second-order valence-electron chi connectivity index (χ2n) is 5.32. The van der Waals surface area contributed by atoms with E-state index in [1.807, 2.05) is 53.5 Å². The molecule has 1 heterocycles. The maximum absolute atomic E-state index is 4.27. The van der Waals surface area contributed by atoms with Gasteiger partial charge < -0.3 is 5.32 Å². The number of aryl methyl sites for hydroxylation is 1. The second-order valence-corrected chi connectivity index (χ2v) is 6.19. The fraction of sp³-hybridized carbons (Fsp3) is 0.167. The van der Waals surface area contributed by atoms with Gasteiger partial charge in [-0.05, 0) is 53.2 Å². The Kier molecular flexibility index (Phi) is 4.78. The highest BCUT2D eigenvalue weighted by molar-refractivity contribution is 7.12. The normalized spacial score (nSPS) is 12.4. The Labute approximate surface area is 140 Å².